The lowest BCUT2D eigenvalue weighted by Crippen LogP contribution is -2.01. The molecule has 138 valence electrons. The van der Waals surface area contributed by atoms with Crippen LogP contribution in [0, 0.1) is 5.82 Å². The fraction of sp³-hybridized carbons (Fsp3) is 0.235. The van der Waals surface area contributed by atoms with E-state index < -0.39 is 18.5 Å². The van der Waals surface area contributed by atoms with Crippen LogP contribution in [0.4, 0.5) is 13.2 Å². The Labute approximate surface area is 160 Å². The molecule has 26 heavy (non-hydrogen) atoms. The maximum absolute atomic E-state index is 13.2. The Balaban J connectivity index is 0.000000160. The van der Waals surface area contributed by atoms with E-state index in [1.165, 1.54) is 18.2 Å². The van der Waals surface area contributed by atoms with Crippen LogP contribution in [0.5, 0.6) is 5.75 Å². The lowest BCUT2D eigenvalue weighted by atomic mass is 10.3. The molecule has 9 heteroatoms. The number of imidazole rings is 1. The number of halogens is 5. The standard InChI is InChI=1S/C10H8ClFN2O.C7H5BrF2O/c11-5-3-8-7(4-6(5)12)13-10-9(15)1-2-14(8)10;8-5-2-1-3-6(4-5)11-7(9)10/h3-4,9,15H,1-2H2;1-4,7H. The molecule has 0 bridgehead atoms. The molecule has 4 rings (SSSR count). The lowest BCUT2D eigenvalue weighted by Gasteiger charge is -2.02. The molecule has 4 nitrogen and oxygen atoms in total. The predicted molar refractivity (Wildman–Crippen MR) is 95.1 cm³/mol. The number of aromatic nitrogens is 2. The number of hydrogen-bond donors (Lipinski definition) is 1. The summed E-state index contributed by atoms with van der Waals surface area (Å²) in [6, 6.07) is 9.17. The fourth-order valence-corrected chi connectivity index (χ4v) is 3.19. The van der Waals surface area contributed by atoms with E-state index in [0.717, 1.165) is 9.99 Å². The third-order valence-electron chi connectivity index (χ3n) is 3.77. The first-order chi connectivity index (χ1) is 12.3. The summed E-state index contributed by atoms with van der Waals surface area (Å²) in [4.78, 5) is 4.19. The van der Waals surface area contributed by atoms with Gasteiger partial charge < -0.3 is 14.4 Å². The highest BCUT2D eigenvalue weighted by molar-refractivity contribution is 9.10. The number of fused-ring (bicyclic) bond motifs is 3. The average Bonchev–Trinajstić information content (AvgIpc) is 3.08. The predicted octanol–water partition coefficient (Wildman–Crippen LogP) is 5.32. The van der Waals surface area contributed by atoms with Crippen molar-refractivity contribution in [3.63, 3.8) is 0 Å². The van der Waals surface area contributed by atoms with E-state index >= 15 is 0 Å². The summed E-state index contributed by atoms with van der Waals surface area (Å²) in [5, 5.41) is 9.70. The van der Waals surface area contributed by atoms with E-state index in [0.29, 0.717) is 24.3 Å². The number of aryl methyl sites for hydroxylation is 1. The van der Waals surface area contributed by atoms with Gasteiger partial charge in [-0.15, -0.1) is 0 Å². The van der Waals surface area contributed by atoms with Gasteiger partial charge in [0.2, 0.25) is 0 Å². The first kappa shape index (κ1) is 19.0. The van der Waals surface area contributed by atoms with Crippen LogP contribution in [-0.2, 0) is 6.54 Å². The second-order valence-corrected chi connectivity index (χ2v) is 6.84. The molecule has 0 saturated carbocycles. The highest BCUT2D eigenvalue weighted by Gasteiger charge is 2.25. The van der Waals surface area contributed by atoms with Crippen LogP contribution < -0.4 is 4.74 Å². The molecule has 2 aromatic carbocycles. The Kier molecular flexibility index (Phi) is 5.74. The fourth-order valence-electron chi connectivity index (χ4n) is 2.65. The van der Waals surface area contributed by atoms with E-state index in [1.807, 2.05) is 4.57 Å². The van der Waals surface area contributed by atoms with Crippen LogP contribution in [0.2, 0.25) is 5.02 Å². The maximum atomic E-state index is 13.2. The topological polar surface area (TPSA) is 47.3 Å². The molecule has 1 aliphatic heterocycles. The Morgan fingerprint density at radius 1 is 1.31 bits per heavy atom. The first-order valence-electron chi connectivity index (χ1n) is 7.59. The van der Waals surface area contributed by atoms with E-state index in [4.69, 9.17) is 11.6 Å². The van der Waals surface area contributed by atoms with Gasteiger partial charge in [0.25, 0.3) is 0 Å². The second-order valence-electron chi connectivity index (χ2n) is 5.52. The summed E-state index contributed by atoms with van der Waals surface area (Å²) in [7, 11) is 0. The summed E-state index contributed by atoms with van der Waals surface area (Å²) in [6.45, 7) is -2.06. The minimum absolute atomic E-state index is 0.0894. The van der Waals surface area contributed by atoms with Crippen molar-refractivity contribution >= 4 is 38.6 Å². The van der Waals surface area contributed by atoms with Gasteiger partial charge in [-0.25, -0.2) is 9.37 Å². The van der Waals surface area contributed by atoms with Crippen LogP contribution in [-0.4, -0.2) is 21.3 Å². The molecular weight excluding hydrogens is 437 g/mol. The molecule has 1 aromatic heterocycles. The van der Waals surface area contributed by atoms with Crippen molar-refractivity contribution in [2.75, 3.05) is 0 Å². The van der Waals surface area contributed by atoms with Gasteiger partial charge in [0.15, 0.2) is 0 Å². The number of benzene rings is 2. The Hall–Kier alpha value is -1.77. The van der Waals surface area contributed by atoms with Crippen LogP contribution in [0.3, 0.4) is 0 Å². The number of nitrogens with zero attached hydrogens (tertiary/aromatic N) is 2. The molecule has 0 saturated heterocycles. The molecule has 1 atom stereocenters. The van der Waals surface area contributed by atoms with Crippen molar-refractivity contribution < 1.29 is 23.0 Å². The highest BCUT2D eigenvalue weighted by Crippen LogP contribution is 2.31. The Morgan fingerprint density at radius 2 is 2.08 bits per heavy atom. The molecule has 3 aromatic rings. The van der Waals surface area contributed by atoms with Crippen molar-refractivity contribution in [3.05, 3.63) is 57.5 Å². The van der Waals surface area contributed by atoms with E-state index in [-0.39, 0.29) is 10.8 Å². The number of rotatable bonds is 2. The molecule has 0 fully saturated rings. The number of aliphatic hydroxyl groups excluding tert-OH is 1. The first-order valence-corrected chi connectivity index (χ1v) is 8.76. The summed E-state index contributed by atoms with van der Waals surface area (Å²) in [5.74, 6) is 0.288. The van der Waals surface area contributed by atoms with Gasteiger partial charge in [0.1, 0.15) is 23.5 Å². The van der Waals surface area contributed by atoms with Gasteiger partial charge in [-0.3, -0.25) is 0 Å². The molecule has 2 heterocycles. The van der Waals surface area contributed by atoms with Crippen molar-refractivity contribution in [1.82, 2.24) is 9.55 Å². The second kappa shape index (κ2) is 7.85. The molecule has 0 spiro atoms. The summed E-state index contributed by atoms with van der Waals surface area (Å²) in [5.41, 5.74) is 1.33. The van der Waals surface area contributed by atoms with Crippen molar-refractivity contribution in [1.29, 1.82) is 0 Å². The normalized spacial score (nSPS) is 15.7. The van der Waals surface area contributed by atoms with Crippen LogP contribution in [0.1, 0.15) is 18.3 Å². The van der Waals surface area contributed by atoms with E-state index in [2.05, 4.69) is 25.7 Å². The molecule has 1 aliphatic rings. The SMILES string of the molecule is FC(F)Oc1cccc(Br)c1.OC1CCn2c1nc1cc(F)c(Cl)cc12. The zero-order chi connectivity index (χ0) is 18.8. The average molecular weight is 450 g/mol. The van der Waals surface area contributed by atoms with Crippen LogP contribution >= 0.6 is 27.5 Å². The minimum atomic E-state index is -2.76. The van der Waals surface area contributed by atoms with Gasteiger partial charge >= 0.3 is 6.61 Å². The maximum Gasteiger partial charge on any atom is 0.387 e. The van der Waals surface area contributed by atoms with Crippen molar-refractivity contribution in [2.24, 2.45) is 0 Å². The quantitative estimate of drug-likeness (QED) is 0.576. The molecule has 0 aliphatic carbocycles. The molecule has 0 amide bonds. The zero-order valence-corrected chi connectivity index (χ0v) is 15.5. The van der Waals surface area contributed by atoms with Gasteiger partial charge in [0, 0.05) is 17.1 Å². The Bertz CT molecular complexity index is 936. The van der Waals surface area contributed by atoms with Gasteiger partial charge in [-0.05, 0) is 30.7 Å². The van der Waals surface area contributed by atoms with Gasteiger partial charge in [-0.1, -0.05) is 33.6 Å². The monoisotopic (exact) mass is 448 g/mol. The van der Waals surface area contributed by atoms with Crippen molar-refractivity contribution in [3.8, 4) is 5.75 Å². The van der Waals surface area contributed by atoms with Crippen LogP contribution in [0.25, 0.3) is 11.0 Å². The number of hydrogen-bond acceptors (Lipinski definition) is 3. The minimum Gasteiger partial charge on any atom is -0.435 e. The molecular formula is C17H13BrClF3N2O2. The third-order valence-corrected chi connectivity index (χ3v) is 4.55. The lowest BCUT2D eigenvalue weighted by molar-refractivity contribution is -0.0498. The molecule has 1 unspecified atom stereocenters. The summed E-state index contributed by atoms with van der Waals surface area (Å²) >= 11 is 8.83. The summed E-state index contributed by atoms with van der Waals surface area (Å²) in [6.07, 6.45) is 0.118. The highest BCUT2D eigenvalue weighted by atomic mass is 79.9. The Morgan fingerprint density at radius 3 is 2.77 bits per heavy atom. The van der Waals surface area contributed by atoms with Crippen LogP contribution in [0.15, 0.2) is 40.9 Å². The molecule has 0 radical (unpaired) electrons. The number of aliphatic hydroxyl groups is 1. The van der Waals surface area contributed by atoms with Gasteiger partial charge in [0.05, 0.1) is 16.1 Å². The van der Waals surface area contributed by atoms with E-state index in [9.17, 15) is 18.3 Å². The largest absolute Gasteiger partial charge is 0.435 e. The number of ether oxygens (including phenoxy) is 1. The number of alkyl halides is 2. The smallest absolute Gasteiger partial charge is 0.387 e. The third kappa shape index (κ3) is 4.13. The van der Waals surface area contributed by atoms with Crippen molar-refractivity contribution in [2.45, 2.75) is 25.7 Å². The van der Waals surface area contributed by atoms with Gasteiger partial charge in [-0.2, -0.15) is 8.78 Å². The van der Waals surface area contributed by atoms with E-state index in [1.54, 1.807) is 18.2 Å². The zero-order valence-electron chi connectivity index (χ0n) is 13.2. The molecule has 1 N–H and O–H groups in total. The summed E-state index contributed by atoms with van der Waals surface area (Å²) < 4.78 is 43.1.